The Kier molecular flexibility index (Phi) is 7.60. The highest BCUT2D eigenvalue weighted by Gasteiger charge is 2.23. The molecular formula is C24H32N3O3+. The average Bonchev–Trinajstić information content (AvgIpc) is 2.75. The first-order valence-electron chi connectivity index (χ1n) is 10.5. The van der Waals surface area contributed by atoms with E-state index in [2.05, 4.69) is 34.9 Å². The number of aryl methyl sites for hydroxylation is 3. The van der Waals surface area contributed by atoms with Gasteiger partial charge in [-0.05, 0) is 49.6 Å². The summed E-state index contributed by atoms with van der Waals surface area (Å²) in [6, 6.07) is 13.7. The Morgan fingerprint density at radius 1 is 1.00 bits per heavy atom. The van der Waals surface area contributed by atoms with Crippen molar-refractivity contribution in [2.45, 2.75) is 26.8 Å². The minimum absolute atomic E-state index is 0.0490. The highest BCUT2D eigenvalue weighted by atomic mass is 16.5. The standard InChI is InChI=1S/C24H31N3O3/c1-17-4-7-20(8-5-17)22(16-27-10-12-30-13-11-27)26-23(28)15-25-24(29)21-9-6-18(2)19(3)14-21/h4-9,14,22H,10-13,15-16H2,1-3H3,(H,25,29)(H,26,28)/p+1/t22-/m0/s1. The molecule has 1 aliphatic rings. The molecule has 2 amide bonds. The zero-order chi connectivity index (χ0) is 21.5. The molecule has 160 valence electrons. The smallest absolute Gasteiger partial charge is 0.251 e. The highest BCUT2D eigenvalue weighted by molar-refractivity contribution is 5.96. The Morgan fingerprint density at radius 2 is 1.70 bits per heavy atom. The quantitative estimate of drug-likeness (QED) is 0.641. The van der Waals surface area contributed by atoms with Crippen LogP contribution in [0.2, 0.25) is 0 Å². The number of hydrogen-bond donors (Lipinski definition) is 3. The SMILES string of the molecule is Cc1ccc([C@H](C[NH+]2CCOCC2)NC(=O)CNC(=O)c2ccc(C)c(C)c2)cc1. The zero-order valence-electron chi connectivity index (χ0n) is 18.1. The summed E-state index contributed by atoms with van der Waals surface area (Å²) in [4.78, 5) is 26.5. The number of rotatable bonds is 7. The van der Waals surface area contributed by atoms with Crippen molar-refractivity contribution in [2.24, 2.45) is 0 Å². The van der Waals surface area contributed by atoms with E-state index >= 15 is 0 Å². The van der Waals surface area contributed by atoms with Gasteiger partial charge in [0, 0.05) is 5.56 Å². The van der Waals surface area contributed by atoms with Crippen LogP contribution < -0.4 is 15.5 Å². The number of benzene rings is 2. The van der Waals surface area contributed by atoms with Crippen LogP contribution in [0, 0.1) is 20.8 Å². The highest BCUT2D eigenvalue weighted by Crippen LogP contribution is 2.13. The molecule has 3 N–H and O–H groups in total. The minimum atomic E-state index is -0.237. The fourth-order valence-electron chi connectivity index (χ4n) is 3.59. The number of quaternary nitrogens is 1. The van der Waals surface area contributed by atoms with E-state index in [4.69, 9.17) is 4.74 Å². The van der Waals surface area contributed by atoms with Gasteiger partial charge in [0.25, 0.3) is 5.91 Å². The van der Waals surface area contributed by atoms with Crippen molar-refractivity contribution in [2.75, 3.05) is 39.4 Å². The third-order valence-electron chi connectivity index (χ3n) is 5.69. The molecule has 6 nitrogen and oxygen atoms in total. The Balaban J connectivity index is 1.61. The number of ether oxygens (including phenoxy) is 1. The summed E-state index contributed by atoms with van der Waals surface area (Å²) >= 11 is 0. The lowest BCUT2D eigenvalue weighted by Crippen LogP contribution is -3.14. The third kappa shape index (κ3) is 6.15. The first-order chi connectivity index (χ1) is 14.4. The molecule has 1 saturated heterocycles. The van der Waals surface area contributed by atoms with Gasteiger partial charge in [0.05, 0.1) is 19.8 Å². The fourth-order valence-corrected chi connectivity index (χ4v) is 3.59. The lowest BCUT2D eigenvalue weighted by atomic mass is 10.0. The molecule has 0 spiro atoms. The molecule has 2 aromatic carbocycles. The summed E-state index contributed by atoms with van der Waals surface area (Å²) < 4.78 is 5.45. The van der Waals surface area contributed by atoms with Gasteiger partial charge < -0.3 is 20.3 Å². The van der Waals surface area contributed by atoms with Crippen LogP contribution in [-0.4, -0.2) is 51.2 Å². The van der Waals surface area contributed by atoms with Crippen LogP contribution in [-0.2, 0) is 9.53 Å². The minimum Gasteiger partial charge on any atom is -0.370 e. The van der Waals surface area contributed by atoms with Crippen LogP contribution in [0.3, 0.4) is 0 Å². The molecule has 0 bridgehead atoms. The van der Waals surface area contributed by atoms with E-state index in [-0.39, 0.29) is 24.4 Å². The van der Waals surface area contributed by atoms with Crippen molar-refractivity contribution in [3.8, 4) is 0 Å². The molecule has 2 aromatic rings. The van der Waals surface area contributed by atoms with E-state index in [1.165, 1.54) is 10.5 Å². The van der Waals surface area contributed by atoms with E-state index in [9.17, 15) is 9.59 Å². The molecular weight excluding hydrogens is 378 g/mol. The van der Waals surface area contributed by atoms with Crippen LogP contribution in [0.15, 0.2) is 42.5 Å². The maximum atomic E-state index is 12.6. The van der Waals surface area contributed by atoms with Gasteiger partial charge in [-0.15, -0.1) is 0 Å². The van der Waals surface area contributed by atoms with E-state index in [1.54, 1.807) is 6.07 Å². The largest absolute Gasteiger partial charge is 0.370 e. The van der Waals surface area contributed by atoms with Gasteiger partial charge in [0.1, 0.15) is 25.7 Å². The molecule has 1 fully saturated rings. The summed E-state index contributed by atoms with van der Waals surface area (Å²) in [5, 5.41) is 5.85. The second-order valence-electron chi connectivity index (χ2n) is 8.08. The molecule has 30 heavy (non-hydrogen) atoms. The van der Waals surface area contributed by atoms with Gasteiger partial charge in [-0.25, -0.2) is 0 Å². The second-order valence-corrected chi connectivity index (χ2v) is 8.08. The normalized spacial score (nSPS) is 15.4. The third-order valence-corrected chi connectivity index (χ3v) is 5.69. The van der Waals surface area contributed by atoms with Crippen LogP contribution in [0.1, 0.15) is 38.7 Å². The Labute approximate surface area is 178 Å². The Hall–Kier alpha value is -2.70. The van der Waals surface area contributed by atoms with Gasteiger partial charge >= 0.3 is 0 Å². The summed E-state index contributed by atoms with van der Waals surface area (Å²) in [7, 11) is 0. The Bertz CT molecular complexity index is 874. The van der Waals surface area contributed by atoms with Crippen LogP contribution in [0.4, 0.5) is 0 Å². The predicted molar refractivity (Wildman–Crippen MR) is 117 cm³/mol. The maximum Gasteiger partial charge on any atom is 0.251 e. The number of amides is 2. The van der Waals surface area contributed by atoms with E-state index in [1.807, 2.05) is 32.9 Å². The fraction of sp³-hybridized carbons (Fsp3) is 0.417. The summed E-state index contributed by atoms with van der Waals surface area (Å²) in [6.45, 7) is 10.1. The van der Waals surface area contributed by atoms with Crippen molar-refractivity contribution < 1.29 is 19.2 Å². The van der Waals surface area contributed by atoms with Gasteiger partial charge in [0.2, 0.25) is 5.91 Å². The molecule has 6 heteroatoms. The number of hydrogen-bond acceptors (Lipinski definition) is 3. The number of morpholine rings is 1. The van der Waals surface area contributed by atoms with Crippen molar-refractivity contribution in [1.29, 1.82) is 0 Å². The van der Waals surface area contributed by atoms with Crippen molar-refractivity contribution in [3.63, 3.8) is 0 Å². The lowest BCUT2D eigenvalue weighted by molar-refractivity contribution is -0.909. The van der Waals surface area contributed by atoms with Crippen molar-refractivity contribution >= 4 is 11.8 Å². The van der Waals surface area contributed by atoms with E-state index in [0.717, 1.165) is 49.5 Å². The molecule has 1 aliphatic heterocycles. The summed E-state index contributed by atoms with van der Waals surface area (Å²) in [5.41, 5.74) is 5.02. The summed E-state index contributed by atoms with van der Waals surface area (Å²) in [6.07, 6.45) is 0. The molecule has 0 aromatic heterocycles. The first kappa shape index (κ1) is 22.0. The van der Waals surface area contributed by atoms with Gasteiger partial charge in [-0.1, -0.05) is 35.9 Å². The molecule has 3 rings (SSSR count). The van der Waals surface area contributed by atoms with Crippen LogP contribution in [0.5, 0.6) is 0 Å². The van der Waals surface area contributed by atoms with Crippen molar-refractivity contribution in [1.82, 2.24) is 10.6 Å². The predicted octanol–water partition coefficient (Wildman–Crippen LogP) is 1.11. The maximum absolute atomic E-state index is 12.6. The molecule has 0 radical (unpaired) electrons. The molecule has 1 heterocycles. The number of nitrogens with one attached hydrogen (secondary N) is 3. The summed E-state index contributed by atoms with van der Waals surface area (Å²) in [5.74, 6) is -0.427. The molecule has 0 unspecified atom stereocenters. The number of carbonyl (C=O) groups is 2. The van der Waals surface area contributed by atoms with E-state index < -0.39 is 0 Å². The zero-order valence-corrected chi connectivity index (χ0v) is 18.1. The lowest BCUT2D eigenvalue weighted by Gasteiger charge is -2.28. The first-order valence-corrected chi connectivity index (χ1v) is 10.5. The second kappa shape index (κ2) is 10.4. The number of carbonyl (C=O) groups excluding carboxylic acids is 2. The van der Waals surface area contributed by atoms with Crippen LogP contribution >= 0.6 is 0 Å². The Morgan fingerprint density at radius 3 is 2.37 bits per heavy atom. The molecule has 0 saturated carbocycles. The van der Waals surface area contributed by atoms with Gasteiger partial charge in [0.15, 0.2) is 0 Å². The van der Waals surface area contributed by atoms with E-state index in [0.29, 0.717) is 5.56 Å². The monoisotopic (exact) mass is 410 g/mol. The molecule has 0 aliphatic carbocycles. The van der Waals surface area contributed by atoms with Crippen molar-refractivity contribution in [3.05, 3.63) is 70.3 Å². The molecule has 1 atom stereocenters. The topological polar surface area (TPSA) is 71.9 Å². The van der Waals surface area contributed by atoms with Gasteiger partial charge in [-0.2, -0.15) is 0 Å². The van der Waals surface area contributed by atoms with Crippen LogP contribution in [0.25, 0.3) is 0 Å². The average molecular weight is 411 g/mol. The van der Waals surface area contributed by atoms with Gasteiger partial charge in [-0.3, -0.25) is 9.59 Å².